The van der Waals surface area contributed by atoms with E-state index in [-0.39, 0.29) is 5.91 Å². The lowest BCUT2D eigenvalue weighted by atomic mass is 9.81. The minimum Gasteiger partial charge on any atom is -0.317 e. The molecule has 0 unspecified atom stereocenters. The molecule has 0 spiro atoms. The summed E-state index contributed by atoms with van der Waals surface area (Å²) in [5.41, 5.74) is 7.71. The van der Waals surface area contributed by atoms with Crippen molar-refractivity contribution in [2.75, 3.05) is 11.9 Å². The fraction of sp³-hybridized carbons (Fsp3) is 0.533. The smallest absolute Gasteiger partial charge is 0.246 e. The third-order valence-corrected chi connectivity index (χ3v) is 3.87. The number of amides is 1. The van der Waals surface area contributed by atoms with Crippen LogP contribution in [0.4, 0.5) is 5.69 Å². The van der Waals surface area contributed by atoms with Crippen molar-refractivity contribution >= 4 is 11.6 Å². The average molecular weight is 246 g/mol. The van der Waals surface area contributed by atoms with Crippen LogP contribution in [0.5, 0.6) is 0 Å². The highest BCUT2D eigenvalue weighted by Crippen LogP contribution is 2.29. The molecule has 1 aromatic rings. The summed E-state index contributed by atoms with van der Waals surface area (Å²) in [6.07, 6.45) is 4.93. The lowest BCUT2D eigenvalue weighted by Gasteiger charge is -2.35. The molecule has 1 aliphatic rings. The van der Waals surface area contributed by atoms with Gasteiger partial charge in [0.05, 0.1) is 5.54 Å². The maximum Gasteiger partial charge on any atom is 0.246 e. The van der Waals surface area contributed by atoms with E-state index in [0.717, 1.165) is 36.9 Å². The summed E-state index contributed by atoms with van der Waals surface area (Å²) in [5.74, 6) is 0.0489. The normalized spacial score (nSPS) is 18.4. The Morgan fingerprint density at radius 2 is 1.94 bits per heavy atom. The quantitative estimate of drug-likeness (QED) is 0.872. The van der Waals surface area contributed by atoms with E-state index in [1.807, 2.05) is 38.2 Å². The summed E-state index contributed by atoms with van der Waals surface area (Å²) in [7, 11) is 1.82. The van der Waals surface area contributed by atoms with Crippen LogP contribution in [0.1, 0.15) is 37.7 Å². The molecule has 1 amide bonds. The lowest BCUT2D eigenvalue weighted by Crippen LogP contribution is -2.55. The Balaban J connectivity index is 2.17. The molecule has 0 radical (unpaired) electrons. The lowest BCUT2D eigenvalue weighted by molar-refractivity contribution is -0.124. The molecule has 98 valence electrons. The number of hydrogen-bond acceptors (Lipinski definition) is 2. The van der Waals surface area contributed by atoms with Crippen LogP contribution in [0.25, 0.3) is 0 Å². The van der Waals surface area contributed by atoms with E-state index in [0.29, 0.717) is 0 Å². The predicted octanol–water partition coefficient (Wildman–Crippen LogP) is 2.62. The monoisotopic (exact) mass is 246 g/mol. The minimum absolute atomic E-state index is 0.0489. The number of likely N-dealkylation sites (N-methyl/N-ethyl adjacent to an activating group) is 1. The highest BCUT2D eigenvalue weighted by molar-refractivity contribution is 5.99. The molecule has 0 aliphatic heterocycles. The van der Waals surface area contributed by atoms with Gasteiger partial charge in [0.25, 0.3) is 0 Å². The van der Waals surface area contributed by atoms with Gasteiger partial charge >= 0.3 is 0 Å². The van der Waals surface area contributed by atoms with E-state index >= 15 is 0 Å². The van der Waals surface area contributed by atoms with Crippen molar-refractivity contribution < 1.29 is 4.79 Å². The van der Waals surface area contributed by atoms with Gasteiger partial charge in [0, 0.05) is 12.7 Å². The summed E-state index contributed by atoms with van der Waals surface area (Å²) in [5, 5.41) is 0. The number of nitrogens with zero attached hydrogens (tertiary/aromatic N) is 1. The Kier molecular flexibility index (Phi) is 3.71. The van der Waals surface area contributed by atoms with Gasteiger partial charge in [-0.1, -0.05) is 31.4 Å². The molecule has 3 nitrogen and oxygen atoms in total. The molecule has 0 atom stereocenters. The van der Waals surface area contributed by atoms with Gasteiger partial charge in [-0.2, -0.15) is 0 Å². The molecular formula is C15H22N2O. The van der Waals surface area contributed by atoms with Crippen molar-refractivity contribution in [1.82, 2.24) is 0 Å². The average Bonchev–Trinajstić information content (AvgIpc) is 2.38. The summed E-state index contributed by atoms with van der Waals surface area (Å²) >= 11 is 0. The maximum atomic E-state index is 12.5. The zero-order valence-electron chi connectivity index (χ0n) is 11.3. The molecule has 0 heterocycles. The summed E-state index contributed by atoms with van der Waals surface area (Å²) in [6, 6.07) is 7.97. The topological polar surface area (TPSA) is 46.3 Å². The SMILES string of the molecule is Cc1cccc(N(C)C(=O)C2(N)CCCCC2)c1. The van der Waals surface area contributed by atoms with Crippen molar-refractivity contribution in [2.45, 2.75) is 44.6 Å². The molecule has 2 N–H and O–H groups in total. The Hall–Kier alpha value is -1.35. The van der Waals surface area contributed by atoms with Crippen LogP contribution in [0.3, 0.4) is 0 Å². The number of rotatable bonds is 2. The minimum atomic E-state index is -0.656. The molecule has 3 heteroatoms. The van der Waals surface area contributed by atoms with Gasteiger partial charge < -0.3 is 10.6 Å². The number of carbonyl (C=O) groups is 1. The van der Waals surface area contributed by atoms with E-state index in [9.17, 15) is 4.79 Å². The molecule has 1 aliphatic carbocycles. The third-order valence-electron chi connectivity index (χ3n) is 3.87. The highest BCUT2D eigenvalue weighted by Gasteiger charge is 2.37. The van der Waals surface area contributed by atoms with Crippen molar-refractivity contribution in [3.63, 3.8) is 0 Å². The molecule has 0 saturated heterocycles. The van der Waals surface area contributed by atoms with Crippen LogP contribution >= 0.6 is 0 Å². The van der Waals surface area contributed by atoms with Crippen LogP contribution in [0.2, 0.25) is 0 Å². The first kappa shape index (κ1) is 13.1. The van der Waals surface area contributed by atoms with Crippen molar-refractivity contribution in [1.29, 1.82) is 0 Å². The second-order valence-electron chi connectivity index (χ2n) is 5.42. The molecule has 0 bridgehead atoms. The number of carbonyl (C=O) groups excluding carboxylic acids is 1. The van der Waals surface area contributed by atoms with Gasteiger partial charge in [0.1, 0.15) is 0 Å². The maximum absolute atomic E-state index is 12.5. The van der Waals surface area contributed by atoms with Crippen molar-refractivity contribution in [3.8, 4) is 0 Å². The molecule has 1 saturated carbocycles. The molecule has 0 aromatic heterocycles. The predicted molar refractivity (Wildman–Crippen MR) is 74.6 cm³/mol. The molecule has 2 rings (SSSR count). The highest BCUT2D eigenvalue weighted by atomic mass is 16.2. The van der Waals surface area contributed by atoms with E-state index in [1.165, 1.54) is 6.42 Å². The number of nitrogens with two attached hydrogens (primary N) is 1. The Labute approximate surface area is 109 Å². The van der Waals surface area contributed by atoms with E-state index in [2.05, 4.69) is 0 Å². The van der Waals surface area contributed by atoms with E-state index in [1.54, 1.807) is 4.90 Å². The van der Waals surface area contributed by atoms with E-state index < -0.39 is 5.54 Å². The fourth-order valence-corrected chi connectivity index (χ4v) is 2.68. The zero-order chi connectivity index (χ0) is 13.2. The molecule has 1 fully saturated rings. The van der Waals surface area contributed by atoms with Crippen LogP contribution < -0.4 is 10.6 Å². The number of aryl methyl sites for hydroxylation is 1. The Morgan fingerprint density at radius 3 is 2.56 bits per heavy atom. The fourth-order valence-electron chi connectivity index (χ4n) is 2.68. The molecular weight excluding hydrogens is 224 g/mol. The zero-order valence-corrected chi connectivity index (χ0v) is 11.3. The van der Waals surface area contributed by atoms with Crippen molar-refractivity contribution in [2.24, 2.45) is 5.73 Å². The largest absolute Gasteiger partial charge is 0.317 e. The van der Waals surface area contributed by atoms with Crippen molar-refractivity contribution in [3.05, 3.63) is 29.8 Å². The third kappa shape index (κ3) is 2.56. The second-order valence-corrected chi connectivity index (χ2v) is 5.42. The van der Waals surface area contributed by atoms with Gasteiger partial charge in [-0.25, -0.2) is 0 Å². The first-order valence-corrected chi connectivity index (χ1v) is 6.67. The Morgan fingerprint density at radius 1 is 1.28 bits per heavy atom. The van der Waals surface area contributed by atoms with Gasteiger partial charge in [-0.05, 0) is 37.5 Å². The first-order chi connectivity index (χ1) is 8.53. The number of anilines is 1. The summed E-state index contributed by atoms with van der Waals surface area (Å²) in [6.45, 7) is 2.03. The van der Waals surface area contributed by atoms with Crippen LogP contribution in [-0.4, -0.2) is 18.5 Å². The number of benzene rings is 1. The standard InChI is InChI=1S/C15H22N2O/c1-12-7-6-8-13(11-12)17(2)14(18)15(16)9-4-3-5-10-15/h6-8,11H,3-5,9-10,16H2,1-2H3. The molecule has 1 aromatic carbocycles. The van der Waals surface area contributed by atoms with Gasteiger partial charge in [-0.3, -0.25) is 4.79 Å². The van der Waals surface area contributed by atoms with Crippen LogP contribution in [0, 0.1) is 6.92 Å². The van der Waals surface area contributed by atoms with E-state index in [4.69, 9.17) is 5.73 Å². The van der Waals surface area contributed by atoms with Gasteiger partial charge in [0.15, 0.2) is 0 Å². The van der Waals surface area contributed by atoms with Crippen LogP contribution in [-0.2, 0) is 4.79 Å². The summed E-state index contributed by atoms with van der Waals surface area (Å²) in [4.78, 5) is 14.2. The molecule has 18 heavy (non-hydrogen) atoms. The number of hydrogen-bond donors (Lipinski definition) is 1. The van der Waals surface area contributed by atoms with Gasteiger partial charge in [0.2, 0.25) is 5.91 Å². The van der Waals surface area contributed by atoms with Gasteiger partial charge in [-0.15, -0.1) is 0 Å². The second kappa shape index (κ2) is 5.11. The summed E-state index contributed by atoms with van der Waals surface area (Å²) < 4.78 is 0. The van der Waals surface area contributed by atoms with Crippen LogP contribution in [0.15, 0.2) is 24.3 Å². The first-order valence-electron chi connectivity index (χ1n) is 6.67. The Bertz CT molecular complexity index is 436.